The average Bonchev–Trinajstić information content (AvgIpc) is 2.64. The molecular formula is C9H16F3N3O. The molecule has 0 aliphatic carbocycles. The smallest absolute Gasteiger partial charge is 0.358 e. The largest absolute Gasteiger partial charge is 0.405 e. The second-order valence-corrected chi connectivity index (χ2v) is 3.80. The fraction of sp³-hybridized carbons (Fsp3) is 0.889. The first-order chi connectivity index (χ1) is 7.41. The standard InChI is InChI=1S/C9H16F3N3O/c1-14-8(16)6-3-2-4-15(6)7(5-13)9(10,11)12/h6-7H,2-5,13H2,1H3,(H,14,16)/t6-,7-/m0/s1. The van der Waals surface area contributed by atoms with Crippen LogP contribution in [0.25, 0.3) is 0 Å². The minimum atomic E-state index is -4.38. The number of carbonyl (C=O) groups is 1. The highest BCUT2D eigenvalue weighted by Gasteiger charge is 2.47. The monoisotopic (exact) mass is 239 g/mol. The van der Waals surface area contributed by atoms with E-state index in [0.717, 1.165) is 4.90 Å². The Morgan fingerprint density at radius 3 is 2.69 bits per heavy atom. The minimum Gasteiger partial charge on any atom is -0.358 e. The highest BCUT2D eigenvalue weighted by Crippen LogP contribution is 2.30. The zero-order valence-corrected chi connectivity index (χ0v) is 9.05. The molecule has 1 aliphatic rings. The van der Waals surface area contributed by atoms with Crippen molar-refractivity contribution < 1.29 is 18.0 Å². The van der Waals surface area contributed by atoms with Crippen LogP contribution in [0.3, 0.4) is 0 Å². The van der Waals surface area contributed by atoms with E-state index in [2.05, 4.69) is 5.32 Å². The molecule has 0 bridgehead atoms. The van der Waals surface area contributed by atoms with Crippen molar-refractivity contribution in [3.63, 3.8) is 0 Å². The molecule has 0 radical (unpaired) electrons. The van der Waals surface area contributed by atoms with Gasteiger partial charge in [-0.25, -0.2) is 0 Å². The van der Waals surface area contributed by atoms with Gasteiger partial charge >= 0.3 is 6.18 Å². The van der Waals surface area contributed by atoms with Gasteiger partial charge in [-0.15, -0.1) is 0 Å². The Labute approximate surface area is 92.0 Å². The molecule has 1 heterocycles. The third kappa shape index (κ3) is 2.65. The van der Waals surface area contributed by atoms with Gasteiger partial charge in [0.1, 0.15) is 6.04 Å². The van der Waals surface area contributed by atoms with Gasteiger partial charge in [-0.3, -0.25) is 9.69 Å². The Morgan fingerprint density at radius 1 is 1.62 bits per heavy atom. The number of nitrogens with one attached hydrogen (secondary N) is 1. The molecule has 3 N–H and O–H groups in total. The van der Waals surface area contributed by atoms with Crippen molar-refractivity contribution in [1.82, 2.24) is 10.2 Å². The molecule has 0 aromatic carbocycles. The van der Waals surface area contributed by atoms with Gasteiger partial charge < -0.3 is 11.1 Å². The van der Waals surface area contributed by atoms with Gasteiger partial charge in [0.05, 0.1) is 6.04 Å². The summed E-state index contributed by atoms with van der Waals surface area (Å²) in [6, 6.07) is -2.43. The lowest BCUT2D eigenvalue weighted by Crippen LogP contribution is -2.55. The lowest BCUT2D eigenvalue weighted by Gasteiger charge is -2.32. The first-order valence-corrected chi connectivity index (χ1v) is 5.16. The quantitative estimate of drug-likeness (QED) is 0.733. The van der Waals surface area contributed by atoms with Crippen LogP contribution in [0.5, 0.6) is 0 Å². The summed E-state index contributed by atoms with van der Waals surface area (Å²) < 4.78 is 38.0. The Bertz CT molecular complexity index is 257. The maximum Gasteiger partial charge on any atom is 0.405 e. The summed E-state index contributed by atoms with van der Waals surface area (Å²) in [5.74, 6) is -0.375. The van der Waals surface area contributed by atoms with Crippen LogP contribution in [-0.2, 0) is 4.79 Å². The lowest BCUT2D eigenvalue weighted by atomic mass is 10.1. The van der Waals surface area contributed by atoms with Crippen LogP contribution in [-0.4, -0.2) is 49.2 Å². The van der Waals surface area contributed by atoms with Crippen LogP contribution < -0.4 is 11.1 Å². The molecule has 2 atom stereocenters. The number of hydrogen-bond acceptors (Lipinski definition) is 3. The van der Waals surface area contributed by atoms with E-state index in [1.807, 2.05) is 0 Å². The van der Waals surface area contributed by atoms with E-state index in [1.54, 1.807) is 0 Å². The number of halogens is 3. The van der Waals surface area contributed by atoms with Crippen molar-refractivity contribution in [2.24, 2.45) is 5.73 Å². The Balaban J connectivity index is 2.80. The van der Waals surface area contributed by atoms with Crippen LogP contribution in [0, 0.1) is 0 Å². The topological polar surface area (TPSA) is 58.4 Å². The Hall–Kier alpha value is -0.820. The first-order valence-electron chi connectivity index (χ1n) is 5.16. The molecule has 1 amide bonds. The van der Waals surface area contributed by atoms with Gasteiger partial charge in [0.2, 0.25) is 5.91 Å². The van der Waals surface area contributed by atoms with Crippen LogP contribution in [0.15, 0.2) is 0 Å². The van der Waals surface area contributed by atoms with Crippen LogP contribution in [0.2, 0.25) is 0 Å². The lowest BCUT2D eigenvalue weighted by molar-refractivity contribution is -0.183. The van der Waals surface area contributed by atoms with Gasteiger partial charge in [0.15, 0.2) is 0 Å². The van der Waals surface area contributed by atoms with Crippen molar-refractivity contribution in [2.75, 3.05) is 20.1 Å². The normalized spacial score (nSPS) is 24.4. The van der Waals surface area contributed by atoms with E-state index in [4.69, 9.17) is 5.73 Å². The molecule has 1 rings (SSSR count). The summed E-state index contributed by atoms with van der Waals surface area (Å²) >= 11 is 0. The molecule has 7 heteroatoms. The van der Waals surface area contributed by atoms with Crippen molar-refractivity contribution in [1.29, 1.82) is 0 Å². The summed E-state index contributed by atoms with van der Waals surface area (Å²) in [5, 5.41) is 2.38. The molecule has 94 valence electrons. The molecule has 1 fully saturated rings. The molecule has 0 aromatic rings. The van der Waals surface area contributed by atoms with E-state index in [0.29, 0.717) is 12.8 Å². The van der Waals surface area contributed by atoms with Crippen LogP contribution in [0.1, 0.15) is 12.8 Å². The highest BCUT2D eigenvalue weighted by molar-refractivity contribution is 5.81. The number of alkyl halides is 3. The maximum absolute atomic E-state index is 12.7. The molecule has 0 saturated carbocycles. The average molecular weight is 239 g/mol. The third-order valence-corrected chi connectivity index (χ3v) is 2.84. The molecular weight excluding hydrogens is 223 g/mol. The number of nitrogens with two attached hydrogens (primary N) is 1. The van der Waals surface area contributed by atoms with E-state index >= 15 is 0 Å². The fourth-order valence-corrected chi connectivity index (χ4v) is 2.07. The Kier molecular flexibility index (Phi) is 4.15. The van der Waals surface area contributed by atoms with Crippen molar-refractivity contribution in [2.45, 2.75) is 31.1 Å². The summed E-state index contributed by atoms with van der Waals surface area (Å²) in [4.78, 5) is 12.6. The summed E-state index contributed by atoms with van der Waals surface area (Å²) in [7, 11) is 1.42. The van der Waals surface area contributed by atoms with E-state index in [9.17, 15) is 18.0 Å². The predicted molar refractivity (Wildman–Crippen MR) is 52.7 cm³/mol. The first kappa shape index (κ1) is 13.2. The number of likely N-dealkylation sites (tertiary alicyclic amines) is 1. The van der Waals surface area contributed by atoms with Crippen LogP contribution in [0.4, 0.5) is 13.2 Å². The SMILES string of the molecule is CNC(=O)[C@@H]1CCCN1[C@@H](CN)C(F)(F)F. The molecule has 0 aromatic heterocycles. The van der Waals surface area contributed by atoms with Crippen molar-refractivity contribution in [3.05, 3.63) is 0 Å². The summed E-state index contributed by atoms with van der Waals surface area (Å²) in [6.45, 7) is -0.254. The number of amides is 1. The maximum atomic E-state index is 12.7. The molecule has 0 spiro atoms. The number of nitrogens with zero attached hydrogens (tertiary/aromatic N) is 1. The summed E-state index contributed by atoms with van der Waals surface area (Å²) in [6.07, 6.45) is -3.34. The van der Waals surface area contributed by atoms with E-state index in [1.165, 1.54) is 7.05 Å². The second kappa shape index (κ2) is 5.01. The number of rotatable bonds is 3. The Morgan fingerprint density at radius 2 is 2.25 bits per heavy atom. The van der Waals surface area contributed by atoms with Gasteiger partial charge in [-0.2, -0.15) is 13.2 Å². The van der Waals surface area contributed by atoms with Gasteiger partial charge in [-0.1, -0.05) is 0 Å². The molecule has 1 aliphatic heterocycles. The fourth-order valence-electron chi connectivity index (χ4n) is 2.07. The van der Waals surface area contributed by atoms with Gasteiger partial charge in [0, 0.05) is 13.6 Å². The minimum absolute atomic E-state index is 0.263. The van der Waals surface area contributed by atoms with E-state index in [-0.39, 0.29) is 12.5 Å². The third-order valence-electron chi connectivity index (χ3n) is 2.84. The van der Waals surface area contributed by atoms with Gasteiger partial charge in [-0.05, 0) is 19.4 Å². The molecule has 16 heavy (non-hydrogen) atoms. The number of likely N-dealkylation sites (N-methyl/N-ethyl adjacent to an activating group) is 1. The molecule has 0 unspecified atom stereocenters. The second-order valence-electron chi connectivity index (χ2n) is 3.80. The molecule has 4 nitrogen and oxygen atoms in total. The summed E-state index contributed by atoms with van der Waals surface area (Å²) in [5.41, 5.74) is 5.15. The predicted octanol–water partition coefficient (Wildman–Crippen LogP) is 0.0864. The molecule has 1 saturated heterocycles. The van der Waals surface area contributed by atoms with E-state index < -0.39 is 24.8 Å². The number of hydrogen-bond donors (Lipinski definition) is 2. The van der Waals surface area contributed by atoms with Crippen molar-refractivity contribution in [3.8, 4) is 0 Å². The van der Waals surface area contributed by atoms with Crippen molar-refractivity contribution >= 4 is 5.91 Å². The van der Waals surface area contributed by atoms with Gasteiger partial charge in [0.25, 0.3) is 0 Å². The number of carbonyl (C=O) groups excluding carboxylic acids is 1. The zero-order valence-electron chi connectivity index (χ0n) is 9.05. The van der Waals surface area contributed by atoms with Crippen LogP contribution >= 0.6 is 0 Å². The highest BCUT2D eigenvalue weighted by atomic mass is 19.4. The zero-order chi connectivity index (χ0) is 12.3.